The Bertz CT molecular complexity index is 1270. The number of rotatable bonds is 4. The van der Waals surface area contributed by atoms with E-state index in [1.807, 2.05) is 51.9 Å². The van der Waals surface area contributed by atoms with Crippen LogP contribution < -0.4 is 0 Å². The van der Waals surface area contributed by atoms with Crippen LogP contribution in [0, 0.1) is 5.82 Å². The molecule has 28 heavy (non-hydrogen) atoms. The Hall–Kier alpha value is -3.16. The minimum atomic E-state index is -0.269. The van der Waals surface area contributed by atoms with Crippen LogP contribution in [0.3, 0.4) is 0 Å². The van der Waals surface area contributed by atoms with Gasteiger partial charge >= 0.3 is 0 Å². The van der Waals surface area contributed by atoms with Crippen molar-refractivity contribution < 1.29 is 4.39 Å². The topological polar surface area (TPSA) is 42.5 Å². The molecule has 5 aromatic rings. The predicted octanol–water partition coefficient (Wildman–Crippen LogP) is 7.37. The third-order valence-corrected chi connectivity index (χ3v) is 5.99. The Morgan fingerprint density at radius 1 is 0.893 bits per heavy atom. The zero-order valence-electron chi connectivity index (χ0n) is 14.5. The van der Waals surface area contributed by atoms with E-state index in [4.69, 9.17) is 0 Å². The first-order valence-electron chi connectivity index (χ1n) is 8.54. The molecule has 0 spiro atoms. The van der Waals surface area contributed by atoms with Gasteiger partial charge in [0.1, 0.15) is 5.82 Å². The summed E-state index contributed by atoms with van der Waals surface area (Å²) < 4.78 is 16.5. The van der Waals surface area contributed by atoms with Gasteiger partial charge in [0, 0.05) is 5.69 Å². The van der Waals surface area contributed by atoms with Gasteiger partial charge in [0.25, 0.3) is 0 Å². The highest BCUT2D eigenvalue weighted by molar-refractivity contribution is 7.16. The summed E-state index contributed by atoms with van der Waals surface area (Å²) in [7, 11) is 0. The molecule has 0 fully saturated rings. The zero-order valence-corrected chi connectivity index (χ0v) is 16.1. The van der Waals surface area contributed by atoms with Crippen LogP contribution >= 0.6 is 22.7 Å². The summed E-state index contributed by atoms with van der Waals surface area (Å²) in [6.07, 6.45) is 0. The highest BCUT2D eigenvalue weighted by Crippen LogP contribution is 2.34. The molecule has 0 aliphatic heterocycles. The zero-order chi connectivity index (χ0) is 18.9. The number of halogens is 1. The van der Waals surface area contributed by atoms with Crippen molar-refractivity contribution >= 4 is 44.4 Å². The van der Waals surface area contributed by atoms with E-state index >= 15 is 0 Å². The van der Waals surface area contributed by atoms with E-state index in [1.54, 1.807) is 34.8 Å². The molecule has 0 unspecified atom stereocenters. The molecular formula is C21H13FN4S2. The standard InChI is InChI=1S/C21H13FN4S2/c22-14-3-6-16(7-4-14)26-18(19-2-1-11-27-19)9-10-21(26)25-24-15-5-8-17-20(12-15)28-13-23-17/h1-13H. The van der Waals surface area contributed by atoms with Crippen LogP contribution in [0.4, 0.5) is 15.9 Å². The van der Waals surface area contributed by atoms with Crippen molar-refractivity contribution in [1.29, 1.82) is 0 Å². The molecule has 0 bridgehead atoms. The summed E-state index contributed by atoms with van der Waals surface area (Å²) >= 11 is 3.22. The fourth-order valence-corrected chi connectivity index (χ4v) is 4.45. The maximum atomic E-state index is 13.4. The number of benzene rings is 2. The van der Waals surface area contributed by atoms with E-state index in [1.165, 1.54) is 12.1 Å². The fourth-order valence-electron chi connectivity index (χ4n) is 3.00. The van der Waals surface area contributed by atoms with Crippen molar-refractivity contribution in [3.63, 3.8) is 0 Å². The normalized spacial score (nSPS) is 11.6. The molecule has 0 atom stereocenters. The van der Waals surface area contributed by atoms with Crippen LogP contribution in [-0.2, 0) is 0 Å². The van der Waals surface area contributed by atoms with E-state index in [0.29, 0.717) is 5.82 Å². The molecule has 0 saturated carbocycles. The number of azo groups is 1. The second-order valence-corrected chi connectivity index (χ2v) is 7.90. The van der Waals surface area contributed by atoms with Crippen LogP contribution in [-0.4, -0.2) is 9.55 Å². The quantitative estimate of drug-likeness (QED) is 0.288. The summed E-state index contributed by atoms with van der Waals surface area (Å²) in [4.78, 5) is 5.39. The van der Waals surface area contributed by atoms with Gasteiger partial charge in [0.05, 0.1) is 32.0 Å². The first-order chi connectivity index (χ1) is 13.8. The predicted molar refractivity (Wildman–Crippen MR) is 113 cm³/mol. The van der Waals surface area contributed by atoms with Gasteiger partial charge in [0.2, 0.25) is 0 Å². The highest BCUT2D eigenvalue weighted by atomic mass is 32.1. The minimum absolute atomic E-state index is 0.269. The molecule has 0 aliphatic carbocycles. The van der Waals surface area contributed by atoms with Crippen molar-refractivity contribution in [2.45, 2.75) is 0 Å². The molecular weight excluding hydrogens is 391 g/mol. The lowest BCUT2D eigenvalue weighted by Gasteiger charge is -2.10. The molecule has 0 N–H and O–H groups in total. The van der Waals surface area contributed by atoms with Gasteiger partial charge in [0.15, 0.2) is 5.82 Å². The summed E-state index contributed by atoms with van der Waals surface area (Å²) in [5.41, 5.74) is 5.37. The summed E-state index contributed by atoms with van der Waals surface area (Å²) in [6, 6.07) is 20.2. The Morgan fingerprint density at radius 3 is 2.61 bits per heavy atom. The van der Waals surface area contributed by atoms with Crippen LogP contribution in [0.1, 0.15) is 0 Å². The van der Waals surface area contributed by atoms with Gasteiger partial charge in [-0.15, -0.1) is 32.9 Å². The van der Waals surface area contributed by atoms with Crippen molar-refractivity contribution in [3.8, 4) is 16.3 Å². The van der Waals surface area contributed by atoms with Crippen LogP contribution in [0.5, 0.6) is 0 Å². The number of thiophene rings is 1. The van der Waals surface area contributed by atoms with Crippen LogP contribution in [0.15, 0.2) is 87.8 Å². The molecule has 0 saturated heterocycles. The molecule has 7 heteroatoms. The lowest BCUT2D eigenvalue weighted by Crippen LogP contribution is -1.95. The summed E-state index contributed by atoms with van der Waals surface area (Å²) in [5.74, 6) is 0.411. The summed E-state index contributed by atoms with van der Waals surface area (Å²) in [5, 5.41) is 10.9. The van der Waals surface area contributed by atoms with E-state index in [-0.39, 0.29) is 5.82 Å². The van der Waals surface area contributed by atoms with Gasteiger partial charge < -0.3 is 0 Å². The maximum Gasteiger partial charge on any atom is 0.160 e. The van der Waals surface area contributed by atoms with Crippen molar-refractivity contribution in [2.75, 3.05) is 0 Å². The van der Waals surface area contributed by atoms with Crippen molar-refractivity contribution in [3.05, 3.63) is 83.4 Å². The Kier molecular flexibility index (Phi) is 4.31. The lowest BCUT2D eigenvalue weighted by molar-refractivity contribution is 0.627. The van der Waals surface area contributed by atoms with Gasteiger partial charge in [-0.1, -0.05) is 6.07 Å². The molecule has 3 heterocycles. The van der Waals surface area contributed by atoms with E-state index in [0.717, 1.165) is 32.2 Å². The van der Waals surface area contributed by atoms with Crippen molar-refractivity contribution in [2.24, 2.45) is 10.2 Å². The number of fused-ring (bicyclic) bond motifs is 1. The molecule has 0 amide bonds. The summed E-state index contributed by atoms with van der Waals surface area (Å²) in [6.45, 7) is 0. The SMILES string of the molecule is Fc1ccc(-n2c(N=Nc3ccc4ncsc4c3)ccc2-c2cccs2)cc1. The number of nitrogens with zero attached hydrogens (tertiary/aromatic N) is 4. The van der Waals surface area contributed by atoms with E-state index < -0.39 is 0 Å². The molecule has 2 aromatic carbocycles. The largest absolute Gasteiger partial charge is 0.292 e. The number of hydrogen-bond acceptors (Lipinski definition) is 5. The van der Waals surface area contributed by atoms with Gasteiger partial charge in [-0.25, -0.2) is 9.37 Å². The van der Waals surface area contributed by atoms with Gasteiger partial charge in [-0.2, -0.15) is 0 Å². The fraction of sp³-hybridized carbons (Fsp3) is 0. The van der Waals surface area contributed by atoms with E-state index in [9.17, 15) is 4.39 Å². The smallest absolute Gasteiger partial charge is 0.160 e. The molecule has 0 aliphatic rings. The molecule has 3 aromatic heterocycles. The van der Waals surface area contributed by atoms with E-state index in [2.05, 4.69) is 21.3 Å². The molecule has 4 nitrogen and oxygen atoms in total. The average molecular weight is 404 g/mol. The number of hydrogen-bond donors (Lipinski definition) is 0. The first-order valence-corrected chi connectivity index (χ1v) is 10.3. The molecule has 0 radical (unpaired) electrons. The number of aromatic nitrogens is 2. The highest BCUT2D eigenvalue weighted by Gasteiger charge is 2.13. The van der Waals surface area contributed by atoms with Crippen LogP contribution in [0.2, 0.25) is 0 Å². The average Bonchev–Trinajstić information content (AvgIpc) is 3.46. The Labute approximate surface area is 168 Å². The first kappa shape index (κ1) is 17.0. The monoisotopic (exact) mass is 404 g/mol. The second kappa shape index (κ2) is 7.10. The molecule has 136 valence electrons. The van der Waals surface area contributed by atoms with Gasteiger partial charge in [-0.3, -0.25) is 4.57 Å². The third-order valence-electron chi connectivity index (χ3n) is 4.30. The second-order valence-electron chi connectivity index (χ2n) is 6.07. The van der Waals surface area contributed by atoms with Crippen molar-refractivity contribution in [1.82, 2.24) is 9.55 Å². The Morgan fingerprint density at radius 2 is 1.79 bits per heavy atom. The lowest BCUT2D eigenvalue weighted by atomic mass is 10.3. The van der Waals surface area contributed by atoms with Gasteiger partial charge in [-0.05, 0) is 66.0 Å². The third kappa shape index (κ3) is 3.15. The minimum Gasteiger partial charge on any atom is -0.292 e. The Balaban J connectivity index is 1.59. The number of thiazole rings is 1. The maximum absolute atomic E-state index is 13.4. The molecule has 5 rings (SSSR count). The van der Waals surface area contributed by atoms with Crippen LogP contribution in [0.25, 0.3) is 26.5 Å².